The molecule has 84 valence electrons. The van der Waals surface area contributed by atoms with E-state index in [0.29, 0.717) is 11.3 Å². The number of hydrogen-bond acceptors (Lipinski definition) is 3. The highest BCUT2D eigenvalue weighted by Crippen LogP contribution is 2.34. The van der Waals surface area contributed by atoms with E-state index >= 15 is 0 Å². The predicted octanol–water partition coefficient (Wildman–Crippen LogP) is 3.21. The molecule has 2 heterocycles. The van der Waals surface area contributed by atoms with Crippen LogP contribution in [0.4, 0.5) is 14.6 Å². The molecule has 0 radical (unpaired) electrons. The van der Waals surface area contributed by atoms with E-state index in [9.17, 15) is 8.78 Å². The van der Waals surface area contributed by atoms with Crippen molar-refractivity contribution < 1.29 is 13.2 Å². The minimum absolute atomic E-state index is 0.0378. The average Bonchev–Trinajstić information content (AvgIpc) is 2.68. The van der Waals surface area contributed by atoms with Gasteiger partial charge in [0.15, 0.2) is 0 Å². The molecule has 0 atom stereocenters. The molecule has 0 fully saturated rings. The first-order chi connectivity index (χ1) is 7.47. The van der Waals surface area contributed by atoms with Gasteiger partial charge in [-0.2, -0.15) is 8.78 Å². The maximum atomic E-state index is 12.9. The lowest BCUT2D eigenvalue weighted by atomic mass is 10.2. The number of pyridine rings is 1. The number of furan rings is 1. The number of alkyl halides is 3. The van der Waals surface area contributed by atoms with Crippen molar-refractivity contribution in [2.75, 3.05) is 5.73 Å². The molecule has 0 aliphatic rings. The zero-order chi connectivity index (χ0) is 11.8. The third-order valence-electron chi connectivity index (χ3n) is 1.94. The van der Waals surface area contributed by atoms with E-state index < -0.39 is 11.1 Å². The van der Waals surface area contributed by atoms with Crippen molar-refractivity contribution in [1.29, 1.82) is 0 Å². The molecule has 3 nitrogen and oxygen atoms in total. The van der Waals surface area contributed by atoms with E-state index in [-0.39, 0.29) is 5.82 Å². The highest BCUT2D eigenvalue weighted by atomic mass is 35.5. The number of anilines is 1. The molecule has 0 unspecified atom stereocenters. The quantitative estimate of drug-likeness (QED) is 0.826. The first-order valence-corrected chi connectivity index (χ1v) is 4.73. The standard InChI is InChI=1S/C10H7ClF2N2O/c11-10(12,13)8-4-6(5-9(14)15-8)7-2-1-3-16-7/h1-5H,(H2,14,15). The molecule has 0 aliphatic heterocycles. The van der Waals surface area contributed by atoms with Crippen molar-refractivity contribution >= 4 is 17.4 Å². The second-order valence-corrected chi connectivity index (χ2v) is 3.62. The number of aromatic nitrogens is 1. The summed E-state index contributed by atoms with van der Waals surface area (Å²) in [6, 6.07) is 5.85. The van der Waals surface area contributed by atoms with Crippen LogP contribution >= 0.6 is 11.6 Å². The van der Waals surface area contributed by atoms with Gasteiger partial charge in [0.1, 0.15) is 17.3 Å². The Morgan fingerprint density at radius 3 is 2.69 bits per heavy atom. The van der Waals surface area contributed by atoms with Crippen molar-refractivity contribution in [3.05, 3.63) is 36.2 Å². The van der Waals surface area contributed by atoms with Gasteiger partial charge in [0.05, 0.1) is 6.26 Å². The lowest BCUT2D eigenvalue weighted by molar-refractivity contribution is 0.0902. The number of halogens is 3. The fourth-order valence-corrected chi connectivity index (χ4v) is 1.38. The van der Waals surface area contributed by atoms with E-state index in [1.165, 1.54) is 12.3 Å². The Kier molecular flexibility index (Phi) is 2.55. The molecular formula is C10H7ClF2N2O. The van der Waals surface area contributed by atoms with Crippen LogP contribution in [0.25, 0.3) is 11.3 Å². The first-order valence-electron chi connectivity index (χ1n) is 4.35. The molecule has 2 rings (SSSR count). The SMILES string of the molecule is Nc1cc(-c2ccco2)cc(C(F)(F)Cl)n1. The maximum absolute atomic E-state index is 12.9. The minimum Gasteiger partial charge on any atom is -0.464 e. The van der Waals surface area contributed by atoms with E-state index in [1.54, 1.807) is 12.1 Å². The molecule has 0 spiro atoms. The van der Waals surface area contributed by atoms with Crippen LogP contribution in [-0.2, 0) is 5.38 Å². The molecule has 0 bridgehead atoms. The van der Waals surface area contributed by atoms with Gasteiger partial charge in [-0.3, -0.25) is 0 Å². The van der Waals surface area contributed by atoms with Crippen LogP contribution in [0.2, 0.25) is 0 Å². The van der Waals surface area contributed by atoms with Crippen LogP contribution in [0.3, 0.4) is 0 Å². The Hall–Kier alpha value is -1.62. The van der Waals surface area contributed by atoms with E-state index in [2.05, 4.69) is 4.98 Å². The minimum atomic E-state index is -3.54. The van der Waals surface area contributed by atoms with Crippen molar-refractivity contribution in [3.63, 3.8) is 0 Å². The number of nitrogens with two attached hydrogens (primary N) is 1. The van der Waals surface area contributed by atoms with Gasteiger partial charge >= 0.3 is 5.38 Å². The summed E-state index contributed by atoms with van der Waals surface area (Å²) in [5.74, 6) is 0.389. The molecular weight excluding hydrogens is 238 g/mol. The van der Waals surface area contributed by atoms with Crippen molar-refractivity contribution in [2.24, 2.45) is 0 Å². The molecule has 16 heavy (non-hydrogen) atoms. The summed E-state index contributed by atoms with van der Waals surface area (Å²) in [4.78, 5) is 3.47. The Morgan fingerprint density at radius 2 is 2.12 bits per heavy atom. The Labute approximate surface area is 94.8 Å². The molecule has 0 amide bonds. The highest BCUT2D eigenvalue weighted by Gasteiger charge is 2.30. The zero-order valence-electron chi connectivity index (χ0n) is 7.95. The van der Waals surface area contributed by atoms with E-state index in [1.807, 2.05) is 0 Å². The number of hydrogen-bond donors (Lipinski definition) is 1. The van der Waals surface area contributed by atoms with Crippen LogP contribution in [0.15, 0.2) is 34.9 Å². The van der Waals surface area contributed by atoms with Crippen molar-refractivity contribution in [3.8, 4) is 11.3 Å². The fraction of sp³-hybridized carbons (Fsp3) is 0.100. The van der Waals surface area contributed by atoms with E-state index in [0.717, 1.165) is 6.07 Å². The fourth-order valence-electron chi connectivity index (χ4n) is 1.28. The molecule has 2 aromatic heterocycles. The van der Waals surface area contributed by atoms with Crippen molar-refractivity contribution in [1.82, 2.24) is 4.98 Å². The molecule has 0 saturated carbocycles. The molecule has 6 heteroatoms. The lowest BCUT2D eigenvalue weighted by Gasteiger charge is -2.09. The Balaban J connectivity index is 2.53. The van der Waals surface area contributed by atoms with Crippen LogP contribution in [0, 0.1) is 0 Å². The summed E-state index contributed by atoms with van der Waals surface area (Å²) in [6.07, 6.45) is 1.43. The highest BCUT2D eigenvalue weighted by molar-refractivity contribution is 6.21. The summed E-state index contributed by atoms with van der Waals surface area (Å²) in [5, 5.41) is -3.54. The smallest absolute Gasteiger partial charge is 0.364 e. The van der Waals surface area contributed by atoms with Crippen LogP contribution in [0.1, 0.15) is 5.69 Å². The van der Waals surface area contributed by atoms with Gasteiger partial charge in [0.25, 0.3) is 0 Å². The second-order valence-electron chi connectivity index (χ2n) is 3.14. The third-order valence-corrected chi connectivity index (χ3v) is 2.13. The molecule has 2 N–H and O–H groups in total. The summed E-state index contributed by atoms with van der Waals surface area (Å²) >= 11 is 4.88. The summed E-state index contributed by atoms with van der Waals surface area (Å²) in [6.45, 7) is 0. The number of nitrogen functional groups attached to an aromatic ring is 1. The van der Waals surface area contributed by atoms with Crippen LogP contribution in [-0.4, -0.2) is 4.98 Å². The van der Waals surface area contributed by atoms with Gasteiger partial charge in [-0.1, -0.05) is 0 Å². The Bertz CT molecular complexity index is 494. The molecule has 0 aliphatic carbocycles. The van der Waals surface area contributed by atoms with Crippen LogP contribution < -0.4 is 5.73 Å². The number of rotatable bonds is 2. The predicted molar refractivity (Wildman–Crippen MR) is 56.1 cm³/mol. The van der Waals surface area contributed by atoms with Crippen LogP contribution in [0.5, 0.6) is 0 Å². The van der Waals surface area contributed by atoms with Gasteiger partial charge in [0, 0.05) is 5.56 Å². The average molecular weight is 245 g/mol. The van der Waals surface area contributed by atoms with E-state index in [4.69, 9.17) is 21.8 Å². The summed E-state index contributed by atoms with van der Waals surface area (Å²) in [7, 11) is 0. The monoisotopic (exact) mass is 244 g/mol. The normalized spacial score (nSPS) is 11.7. The van der Waals surface area contributed by atoms with Crippen molar-refractivity contribution in [2.45, 2.75) is 5.38 Å². The van der Waals surface area contributed by atoms with Gasteiger partial charge in [0.2, 0.25) is 0 Å². The topological polar surface area (TPSA) is 52.0 Å². The van der Waals surface area contributed by atoms with Gasteiger partial charge in [-0.25, -0.2) is 4.98 Å². The third kappa shape index (κ3) is 2.14. The zero-order valence-corrected chi connectivity index (χ0v) is 8.71. The van der Waals surface area contributed by atoms with Gasteiger partial charge < -0.3 is 10.2 Å². The largest absolute Gasteiger partial charge is 0.464 e. The lowest BCUT2D eigenvalue weighted by Crippen LogP contribution is -2.08. The molecule has 0 aromatic carbocycles. The summed E-state index contributed by atoms with van der Waals surface area (Å²) in [5.41, 5.74) is 5.23. The molecule has 2 aromatic rings. The Morgan fingerprint density at radius 1 is 1.38 bits per heavy atom. The first kappa shape index (κ1) is 10.9. The van der Waals surface area contributed by atoms with Gasteiger partial charge in [-0.15, -0.1) is 0 Å². The maximum Gasteiger partial charge on any atom is 0.364 e. The number of nitrogens with zero attached hydrogens (tertiary/aromatic N) is 1. The summed E-state index contributed by atoms with van der Waals surface area (Å²) < 4.78 is 30.8. The molecule has 0 saturated heterocycles. The van der Waals surface area contributed by atoms with Gasteiger partial charge in [-0.05, 0) is 35.9 Å². The second kappa shape index (κ2) is 3.75.